The number of anilines is 1. The van der Waals surface area contributed by atoms with E-state index in [1.165, 1.54) is 0 Å². The summed E-state index contributed by atoms with van der Waals surface area (Å²) in [5.41, 5.74) is 1.81. The second-order valence-electron chi connectivity index (χ2n) is 5.10. The van der Waals surface area contributed by atoms with Gasteiger partial charge >= 0.3 is 0 Å². The maximum Gasteiger partial charge on any atom is 0.179 e. The molecule has 0 bridgehead atoms. The van der Waals surface area contributed by atoms with Gasteiger partial charge in [0.1, 0.15) is 11.6 Å². The summed E-state index contributed by atoms with van der Waals surface area (Å²) < 4.78 is 0. The molecule has 0 unspecified atom stereocenters. The predicted octanol–water partition coefficient (Wildman–Crippen LogP) is 1.89. The zero-order valence-corrected chi connectivity index (χ0v) is 10.8. The van der Waals surface area contributed by atoms with Crippen LogP contribution in [-0.2, 0) is 6.54 Å². The number of imidazole rings is 1. The van der Waals surface area contributed by atoms with Gasteiger partial charge in [-0.3, -0.25) is 0 Å². The predicted molar refractivity (Wildman–Crippen MR) is 70.0 cm³/mol. The van der Waals surface area contributed by atoms with Gasteiger partial charge in [-0.2, -0.15) is 0 Å². The fourth-order valence-corrected chi connectivity index (χ4v) is 1.51. The largest absolute Gasteiger partial charge is 0.373 e. The first-order valence-electron chi connectivity index (χ1n) is 5.76. The molecule has 0 amide bonds. The number of H-pyrrole nitrogens is 1. The first-order valence-corrected chi connectivity index (χ1v) is 5.76. The van der Waals surface area contributed by atoms with Crippen molar-refractivity contribution in [3.8, 4) is 0 Å². The third kappa shape index (κ3) is 2.94. The second kappa shape index (κ2) is 4.33. The normalized spacial score (nSPS) is 12.0. The first kappa shape index (κ1) is 11.9. The average Bonchev–Trinajstić information content (AvgIpc) is 2.66. The molecule has 0 aliphatic heterocycles. The number of fused-ring (bicyclic) bond motifs is 1. The van der Waals surface area contributed by atoms with E-state index in [-0.39, 0.29) is 5.54 Å². The van der Waals surface area contributed by atoms with Crippen LogP contribution in [-0.4, -0.2) is 27.5 Å². The molecule has 0 atom stereocenters. The van der Waals surface area contributed by atoms with Crippen LogP contribution in [0, 0.1) is 0 Å². The Morgan fingerprint density at radius 1 is 1.24 bits per heavy atom. The van der Waals surface area contributed by atoms with E-state index in [0.29, 0.717) is 0 Å². The molecule has 0 fully saturated rings. The van der Waals surface area contributed by atoms with Gasteiger partial charge in [0, 0.05) is 12.6 Å². The number of aromatic nitrogens is 3. The van der Waals surface area contributed by atoms with Gasteiger partial charge in [-0.15, -0.1) is 0 Å². The number of hydrogen-bond acceptors (Lipinski definition) is 4. The van der Waals surface area contributed by atoms with E-state index in [1.54, 1.807) is 0 Å². The van der Waals surface area contributed by atoms with Crippen LogP contribution < -0.4 is 10.6 Å². The van der Waals surface area contributed by atoms with Crippen LogP contribution in [0.15, 0.2) is 12.1 Å². The van der Waals surface area contributed by atoms with Crippen LogP contribution >= 0.6 is 0 Å². The zero-order valence-electron chi connectivity index (χ0n) is 10.8. The lowest BCUT2D eigenvalue weighted by atomic mass is 10.1. The van der Waals surface area contributed by atoms with E-state index in [0.717, 1.165) is 29.4 Å². The van der Waals surface area contributed by atoms with Crippen molar-refractivity contribution in [3.63, 3.8) is 0 Å². The van der Waals surface area contributed by atoms with Gasteiger partial charge in [0.05, 0.1) is 12.1 Å². The van der Waals surface area contributed by atoms with Crippen LogP contribution in [0.2, 0.25) is 0 Å². The molecule has 0 saturated heterocycles. The molecule has 5 heteroatoms. The molecule has 2 heterocycles. The van der Waals surface area contributed by atoms with Crippen LogP contribution in [0.25, 0.3) is 11.2 Å². The number of nitrogens with zero attached hydrogens (tertiary/aromatic N) is 2. The Morgan fingerprint density at radius 3 is 2.65 bits per heavy atom. The van der Waals surface area contributed by atoms with E-state index >= 15 is 0 Å². The number of nitrogens with one attached hydrogen (secondary N) is 3. The number of hydrogen-bond donors (Lipinski definition) is 3. The number of pyridine rings is 1. The van der Waals surface area contributed by atoms with Crippen molar-refractivity contribution >= 4 is 17.0 Å². The maximum atomic E-state index is 4.46. The van der Waals surface area contributed by atoms with Crippen molar-refractivity contribution in [2.24, 2.45) is 0 Å². The first-order chi connectivity index (χ1) is 7.98. The molecule has 0 spiro atoms. The molecule has 2 aromatic rings. The minimum atomic E-state index is 0.0859. The third-order valence-corrected chi connectivity index (χ3v) is 2.44. The lowest BCUT2D eigenvalue weighted by molar-refractivity contribution is 0.419. The molecule has 0 radical (unpaired) electrons. The monoisotopic (exact) mass is 233 g/mol. The molecule has 92 valence electrons. The SMILES string of the molecule is CNc1ccc2[nH]c(CNC(C)(C)C)nc2n1. The summed E-state index contributed by atoms with van der Waals surface area (Å²) in [7, 11) is 1.85. The quantitative estimate of drug-likeness (QED) is 0.757. The topological polar surface area (TPSA) is 65.6 Å². The number of aromatic amines is 1. The van der Waals surface area contributed by atoms with Crippen molar-refractivity contribution in [1.29, 1.82) is 0 Å². The van der Waals surface area contributed by atoms with E-state index in [4.69, 9.17) is 0 Å². The Bertz CT molecular complexity index is 509. The molecule has 5 nitrogen and oxygen atoms in total. The minimum absolute atomic E-state index is 0.0859. The molecular weight excluding hydrogens is 214 g/mol. The minimum Gasteiger partial charge on any atom is -0.373 e. The summed E-state index contributed by atoms with van der Waals surface area (Å²) in [5.74, 6) is 1.75. The summed E-state index contributed by atoms with van der Waals surface area (Å²) in [6, 6.07) is 3.92. The molecule has 0 aliphatic rings. The zero-order chi connectivity index (χ0) is 12.5. The highest BCUT2D eigenvalue weighted by molar-refractivity contribution is 5.72. The molecule has 2 rings (SSSR count). The van der Waals surface area contributed by atoms with Crippen LogP contribution in [0.5, 0.6) is 0 Å². The molecule has 3 N–H and O–H groups in total. The lowest BCUT2D eigenvalue weighted by Gasteiger charge is -2.19. The highest BCUT2D eigenvalue weighted by Crippen LogP contribution is 2.12. The number of rotatable bonds is 3. The van der Waals surface area contributed by atoms with Gasteiger partial charge < -0.3 is 15.6 Å². The summed E-state index contributed by atoms with van der Waals surface area (Å²) >= 11 is 0. The second-order valence-corrected chi connectivity index (χ2v) is 5.10. The maximum absolute atomic E-state index is 4.46. The Hall–Kier alpha value is -1.62. The van der Waals surface area contributed by atoms with E-state index in [1.807, 2.05) is 19.2 Å². The fraction of sp³-hybridized carbons (Fsp3) is 0.500. The van der Waals surface area contributed by atoms with Crippen LogP contribution in [0.3, 0.4) is 0 Å². The van der Waals surface area contributed by atoms with Crippen molar-refractivity contribution in [2.45, 2.75) is 32.9 Å². The standard InChI is InChI=1S/C12H19N5/c1-12(2,3)14-7-10-15-8-5-6-9(13-4)16-11(8)17-10/h5-6,14H,7H2,1-4H3,(H2,13,15,16,17). The van der Waals surface area contributed by atoms with E-state index in [9.17, 15) is 0 Å². The van der Waals surface area contributed by atoms with Crippen LogP contribution in [0.1, 0.15) is 26.6 Å². The average molecular weight is 233 g/mol. The van der Waals surface area contributed by atoms with Gasteiger partial charge in [0.25, 0.3) is 0 Å². The lowest BCUT2D eigenvalue weighted by Crippen LogP contribution is -2.35. The van der Waals surface area contributed by atoms with Gasteiger partial charge in [-0.05, 0) is 32.9 Å². The fourth-order valence-electron chi connectivity index (χ4n) is 1.51. The molecule has 0 aromatic carbocycles. The third-order valence-electron chi connectivity index (χ3n) is 2.44. The highest BCUT2D eigenvalue weighted by atomic mass is 15.1. The highest BCUT2D eigenvalue weighted by Gasteiger charge is 2.10. The Morgan fingerprint density at radius 2 is 2.00 bits per heavy atom. The molecule has 0 saturated carbocycles. The summed E-state index contributed by atoms with van der Waals surface area (Å²) in [6.45, 7) is 7.11. The van der Waals surface area contributed by atoms with Crippen molar-refractivity contribution < 1.29 is 0 Å². The van der Waals surface area contributed by atoms with Gasteiger partial charge in [-0.1, -0.05) is 0 Å². The Labute approximate surface area is 101 Å². The Balaban J connectivity index is 2.20. The van der Waals surface area contributed by atoms with Gasteiger partial charge in [-0.25, -0.2) is 9.97 Å². The Kier molecular flexibility index (Phi) is 3.02. The van der Waals surface area contributed by atoms with Crippen LogP contribution in [0.4, 0.5) is 5.82 Å². The van der Waals surface area contributed by atoms with E-state index < -0.39 is 0 Å². The summed E-state index contributed by atoms with van der Waals surface area (Å²) in [5, 5.41) is 6.39. The van der Waals surface area contributed by atoms with E-state index in [2.05, 4.69) is 46.4 Å². The van der Waals surface area contributed by atoms with Gasteiger partial charge in [0.15, 0.2) is 5.65 Å². The van der Waals surface area contributed by atoms with Gasteiger partial charge in [0.2, 0.25) is 0 Å². The van der Waals surface area contributed by atoms with Crippen molar-refractivity contribution in [1.82, 2.24) is 20.3 Å². The van der Waals surface area contributed by atoms with Crippen molar-refractivity contribution in [3.05, 3.63) is 18.0 Å². The smallest absolute Gasteiger partial charge is 0.179 e. The molecule has 0 aliphatic carbocycles. The molecule has 17 heavy (non-hydrogen) atoms. The molecular formula is C12H19N5. The molecule has 2 aromatic heterocycles. The summed E-state index contributed by atoms with van der Waals surface area (Å²) in [6.07, 6.45) is 0. The van der Waals surface area contributed by atoms with Crippen molar-refractivity contribution in [2.75, 3.05) is 12.4 Å². The summed E-state index contributed by atoms with van der Waals surface area (Å²) in [4.78, 5) is 12.1.